The highest BCUT2D eigenvalue weighted by Crippen LogP contribution is 2.31. The number of pyridine rings is 1. The summed E-state index contributed by atoms with van der Waals surface area (Å²) in [7, 11) is 0. The zero-order valence-electron chi connectivity index (χ0n) is 11.2. The zero-order chi connectivity index (χ0) is 13.2. The molecule has 98 valence electrons. The SMILES string of the molecule is Cc1cccnc1CC(Br)c1ccc2c(c1)CCC2. The van der Waals surface area contributed by atoms with Crippen LogP contribution >= 0.6 is 15.9 Å². The van der Waals surface area contributed by atoms with Gasteiger partial charge in [-0.25, -0.2) is 0 Å². The first-order chi connectivity index (χ1) is 9.24. The molecule has 2 heteroatoms. The van der Waals surface area contributed by atoms with E-state index in [0.29, 0.717) is 4.83 Å². The van der Waals surface area contributed by atoms with Crippen LogP contribution in [0, 0.1) is 6.92 Å². The summed E-state index contributed by atoms with van der Waals surface area (Å²) in [5.41, 5.74) is 6.92. The van der Waals surface area contributed by atoms with Gasteiger partial charge in [-0.05, 0) is 54.5 Å². The molecular weight excluding hydrogens is 298 g/mol. The van der Waals surface area contributed by atoms with Crippen LogP contribution in [0.2, 0.25) is 0 Å². The van der Waals surface area contributed by atoms with Gasteiger partial charge < -0.3 is 0 Å². The molecule has 0 radical (unpaired) electrons. The Kier molecular flexibility index (Phi) is 3.69. The van der Waals surface area contributed by atoms with Crippen LogP contribution in [0.3, 0.4) is 0 Å². The Bertz CT molecular complexity index is 592. The third-order valence-corrected chi connectivity index (χ3v) is 4.83. The van der Waals surface area contributed by atoms with Crippen molar-refractivity contribution in [1.29, 1.82) is 0 Å². The van der Waals surface area contributed by atoms with Crippen molar-refractivity contribution in [3.63, 3.8) is 0 Å². The van der Waals surface area contributed by atoms with Gasteiger partial charge in [-0.1, -0.05) is 40.2 Å². The molecule has 0 spiro atoms. The van der Waals surface area contributed by atoms with Crippen LogP contribution in [-0.4, -0.2) is 4.98 Å². The van der Waals surface area contributed by atoms with Crippen LogP contribution in [0.5, 0.6) is 0 Å². The van der Waals surface area contributed by atoms with Crippen LogP contribution in [0.15, 0.2) is 36.5 Å². The third kappa shape index (κ3) is 2.74. The Labute approximate surface area is 123 Å². The highest BCUT2D eigenvalue weighted by molar-refractivity contribution is 9.09. The normalized spacial score (nSPS) is 15.3. The van der Waals surface area contributed by atoms with Gasteiger partial charge in [0.2, 0.25) is 0 Å². The molecule has 0 amide bonds. The Morgan fingerprint density at radius 2 is 2.05 bits per heavy atom. The maximum Gasteiger partial charge on any atom is 0.0450 e. The van der Waals surface area contributed by atoms with Crippen LogP contribution in [0.4, 0.5) is 0 Å². The lowest BCUT2D eigenvalue weighted by atomic mass is 10.0. The molecule has 1 unspecified atom stereocenters. The molecule has 0 saturated heterocycles. The average molecular weight is 316 g/mol. The molecule has 3 rings (SSSR count). The number of alkyl halides is 1. The second kappa shape index (κ2) is 5.46. The standard InChI is InChI=1S/C17H18BrN/c1-12-4-3-9-19-17(12)11-16(18)15-8-7-13-5-2-6-14(13)10-15/h3-4,7-10,16H,2,5-6,11H2,1H3. The number of fused-ring (bicyclic) bond motifs is 1. The van der Waals surface area contributed by atoms with Gasteiger partial charge >= 0.3 is 0 Å². The van der Waals surface area contributed by atoms with Crippen molar-refractivity contribution in [2.45, 2.75) is 37.4 Å². The third-order valence-electron chi connectivity index (χ3n) is 3.97. The Morgan fingerprint density at radius 3 is 2.89 bits per heavy atom. The molecule has 1 aliphatic carbocycles. The van der Waals surface area contributed by atoms with Gasteiger partial charge in [-0.15, -0.1) is 0 Å². The number of aromatic nitrogens is 1. The minimum Gasteiger partial charge on any atom is -0.261 e. The van der Waals surface area contributed by atoms with E-state index in [1.54, 1.807) is 5.56 Å². The van der Waals surface area contributed by atoms with Crippen LogP contribution in [0.25, 0.3) is 0 Å². The Morgan fingerprint density at radius 1 is 1.21 bits per heavy atom. The summed E-state index contributed by atoms with van der Waals surface area (Å²) < 4.78 is 0. The fraction of sp³-hybridized carbons (Fsp3) is 0.353. The minimum atomic E-state index is 0.354. The predicted molar refractivity (Wildman–Crippen MR) is 82.8 cm³/mol. The van der Waals surface area contributed by atoms with E-state index in [9.17, 15) is 0 Å². The first kappa shape index (κ1) is 12.9. The molecule has 0 bridgehead atoms. The zero-order valence-corrected chi connectivity index (χ0v) is 12.8. The maximum atomic E-state index is 4.49. The molecule has 0 fully saturated rings. The Hall–Kier alpha value is -1.15. The lowest BCUT2D eigenvalue weighted by molar-refractivity contribution is 0.888. The molecule has 1 aromatic heterocycles. The first-order valence-electron chi connectivity index (χ1n) is 6.90. The highest BCUT2D eigenvalue weighted by atomic mass is 79.9. The number of aryl methyl sites for hydroxylation is 3. The summed E-state index contributed by atoms with van der Waals surface area (Å²) in [4.78, 5) is 4.84. The second-order valence-electron chi connectivity index (χ2n) is 5.32. The van der Waals surface area contributed by atoms with Crippen molar-refractivity contribution >= 4 is 15.9 Å². The maximum absolute atomic E-state index is 4.49. The number of rotatable bonds is 3. The number of halogens is 1. The number of benzene rings is 1. The van der Waals surface area contributed by atoms with Gasteiger partial charge in [0.25, 0.3) is 0 Å². The van der Waals surface area contributed by atoms with Gasteiger partial charge in [-0.3, -0.25) is 4.98 Å². The van der Waals surface area contributed by atoms with Crippen molar-refractivity contribution in [2.24, 2.45) is 0 Å². The molecule has 1 atom stereocenters. The molecular formula is C17H18BrN. The fourth-order valence-corrected chi connectivity index (χ4v) is 3.40. The van der Waals surface area contributed by atoms with Gasteiger partial charge in [-0.2, -0.15) is 0 Å². The van der Waals surface area contributed by atoms with Crippen molar-refractivity contribution in [2.75, 3.05) is 0 Å². The molecule has 0 aliphatic heterocycles. The molecule has 1 heterocycles. The van der Waals surface area contributed by atoms with Crippen LogP contribution in [0.1, 0.15) is 39.2 Å². The fourth-order valence-electron chi connectivity index (χ4n) is 2.81. The van der Waals surface area contributed by atoms with Crippen LogP contribution < -0.4 is 0 Å². The van der Waals surface area contributed by atoms with Gasteiger partial charge in [0.05, 0.1) is 0 Å². The van der Waals surface area contributed by atoms with Crippen LogP contribution in [-0.2, 0) is 19.3 Å². The quantitative estimate of drug-likeness (QED) is 0.757. The summed E-state index contributed by atoms with van der Waals surface area (Å²) in [6.45, 7) is 2.13. The van der Waals surface area contributed by atoms with Gasteiger partial charge in [0, 0.05) is 23.1 Å². The summed E-state index contributed by atoms with van der Waals surface area (Å²) in [6.07, 6.45) is 6.63. The Balaban J connectivity index is 1.81. The topological polar surface area (TPSA) is 12.9 Å². The molecule has 1 nitrogen and oxygen atoms in total. The smallest absolute Gasteiger partial charge is 0.0450 e. The predicted octanol–water partition coefficient (Wildman–Crippen LogP) is 4.56. The van der Waals surface area contributed by atoms with Crippen molar-refractivity contribution in [1.82, 2.24) is 4.98 Å². The lowest BCUT2D eigenvalue weighted by Gasteiger charge is -2.13. The molecule has 0 N–H and O–H groups in total. The highest BCUT2D eigenvalue weighted by Gasteiger charge is 2.15. The first-order valence-corrected chi connectivity index (χ1v) is 7.82. The summed E-state index contributed by atoms with van der Waals surface area (Å²) in [6, 6.07) is 11.1. The van der Waals surface area contributed by atoms with E-state index in [0.717, 1.165) is 6.42 Å². The van der Waals surface area contributed by atoms with Crippen molar-refractivity contribution in [3.8, 4) is 0 Å². The van der Waals surface area contributed by atoms with Crippen molar-refractivity contribution < 1.29 is 0 Å². The molecule has 1 aromatic carbocycles. The van der Waals surface area contributed by atoms with E-state index in [4.69, 9.17) is 0 Å². The number of nitrogens with zero attached hydrogens (tertiary/aromatic N) is 1. The van der Waals surface area contributed by atoms with E-state index in [2.05, 4.69) is 52.1 Å². The molecule has 2 aromatic rings. The van der Waals surface area contributed by atoms with E-state index < -0.39 is 0 Å². The van der Waals surface area contributed by atoms with E-state index in [1.165, 1.54) is 41.6 Å². The molecule has 19 heavy (non-hydrogen) atoms. The number of hydrogen-bond acceptors (Lipinski definition) is 1. The second-order valence-corrected chi connectivity index (χ2v) is 6.43. The molecule has 1 aliphatic rings. The van der Waals surface area contributed by atoms with Crippen molar-refractivity contribution in [3.05, 3.63) is 64.5 Å². The van der Waals surface area contributed by atoms with Gasteiger partial charge in [0.1, 0.15) is 0 Å². The average Bonchev–Trinajstić information content (AvgIpc) is 2.88. The monoisotopic (exact) mass is 315 g/mol. The number of hydrogen-bond donors (Lipinski definition) is 0. The van der Waals surface area contributed by atoms with E-state index >= 15 is 0 Å². The summed E-state index contributed by atoms with van der Waals surface area (Å²) in [5.74, 6) is 0. The lowest BCUT2D eigenvalue weighted by Crippen LogP contribution is -2.00. The largest absolute Gasteiger partial charge is 0.261 e. The minimum absolute atomic E-state index is 0.354. The molecule has 0 saturated carbocycles. The van der Waals surface area contributed by atoms with E-state index in [1.807, 2.05) is 12.3 Å². The summed E-state index contributed by atoms with van der Waals surface area (Å²) >= 11 is 3.83. The summed E-state index contributed by atoms with van der Waals surface area (Å²) in [5, 5.41) is 0. The van der Waals surface area contributed by atoms with Gasteiger partial charge in [0.15, 0.2) is 0 Å². The van der Waals surface area contributed by atoms with E-state index in [-0.39, 0.29) is 0 Å².